The Bertz CT molecular complexity index is 811. The number of carbonyl (C=O) groups excluding carboxylic acids is 1. The van der Waals surface area contributed by atoms with Crippen molar-refractivity contribution in [3.8, 4) is 0 Å². The number of benzene rings is 3. The summed E-state index contributed by atoms with van der Waals surface area (Å²) in [5, 5.41) is 5.30. The van der Waals surface area contributed by atoms with Crippen LogP contribution in [0, 0.1) is 6.92 Å². The van der Waals surface area contributed by atoms with Gasteiger partial charge in [-0.25, -0.2) is 0 Å². The standard InChI is InChI=1S/C20H19NOS/c1-15-6-10-19(11-7-15)23-13-12-20(22)21-18-9-8-16-4-2-3-5-17(16)14-18/h2-11,14H,12-13H2,1H3,(H,21,22). The van der Waals surface area contributed by atoms with Crippen LogP contribution in [0.5, 0.6) is 0 Å². The van der Waals surface area contributed by atoms with Crippen LogP contribution in [-0.2, 0) is 4.79 Å². The van der Waals surface area contributed by atoms with Crippen LogP contribution >= 0.6 is 11.8 Å². The zero-order valence-corrected chi connectivity index (χ0v) is 13.9. The van der Waals surface area contributed by atoms with Gasteiger partial charge in [-0.15, -0.1) is 11.8 Å². The number of amides is 1. The molecule has 0 fully saturated rings. The highest BCUT2D eigenvalue weighted by molar-refractivity contribution is 7.99. The number of nitrogens with one attached hydrogen (secondary N) is 1. The first-order valence-corrected chi connectivity index (χ1v) is 8.67. The molecule has 0 saturated carbocycles. The van der Waals surface area contributed by atoms with Gasteiger partial charge in [0.05, 0.1) is 0 Å². The van der Waals surface area contributed by atoms with E-state index in [9.17, 15) is 4.79 Å². The quantitative estimate of drug-likeness (QED) is 0.649. The predicted molar refractivity (Wildman–Crippen MR) is 99.1 cm³/mol. The van der Waals surface area contributed by atoms with E-state index >= 15 is 0 Å². The SMILES string of the molecule is Cc1ccc(SCCC(=O)Nc2ccc3ccccc3c2)cc1. The molecule has 0 saturated heterocycles. The van der Waals surface area contributed by atoms with Crippen molar-refractivity contribution in [1.29, 1.82) is 0 Å². The molecule has 0 aliphatic heterocycles. The van der Waals surface area contributed by atoms with E-state index in [1.54, 1.807) is 11.8 Å². The minimum atomic E-state index is 0.0555. The summed E-state index contributed by atoms with van der Waals surface area (Å²) in [6.07, 6.45) is 0.505. The van der Waals surface area contributed by atoms with Crippen molar-refractivity contribution in [2.24, 2.45) is 0 Å². The fourth-order valence-corrected chi connectivity index (χ4v) is 3.24. The van der Waals surface area contributed by atoms with Crippen molar-refractivity contribution in [2.45, 2.75) is 18.2 Å². The highest BCUT2D eigenvalue weighted by atomic mass is 32.2. The first kappa shape index (κ1) is 15.6. The molecule has 3 heteroatoms. The van der Waals surface area contributed by atoms with Gasteiger partial charge < -0.3 is 5.32 Å². The molecular formula is C20H19NOS. The smallest absolute Gasteiger partial charge is 0.225 e. The van der Waals surface area contributed by atoms with E-state index in [0.29, 0.717) is 6.42 Å². The fourth-order valence-electron chi connectivity index (χ4n) is 2.39. The first-order valence-electron chi connectivity index (χ1n) is 7.69. The molecule has 0 radical (unpaired) electrons. The minimum absolute atomic E-state index is 0.0555. The lowest BCUT2D eigenvalue weighted by Gasteiger charge is -2.07. The number of thioether (sulfide) groups is 1. The molecule has 0 spiro atoms. The molecule has 0 aliphatic rings. The second-order valence-corrected chi connectivity index (χ2v) is 6.69. The molecular weight excluding hydrogens is 302 g/mol. The van der Waals surface area contributed by atoms with Gasteiger partial charge in [0.1, 0.15) is 0 Å². The van der Waals surface area contributed by atoms with Crippen LogP contribution in [0.3, 0.4) is 0 Å². The molecule has 0 atom stereocenters. The second kappa shape index (κ2) is 7.34. The van der Waals surface area contributed by atoms with Gasteiger partial charge in [0.2, 0.25) is 5.91 Å². The van der Waals surface area contributed by atoms with E-state index in [-0.39, 0.29) is 5.91 Å². The lowest BCUT2D eigenvalue weighted by Crippen LogP contribution is -2.12. The topological polar surface area (TPSA) is 29.1 Å². The molecule has 0 bridgehead atoms. The van der Waals surface area contributed by atoms with Crippen molar-refractivity contribution in [3.05, 3.63) is 72.3 Å². The van der Waals surface area contributed by atoms with E-state index in [1.807, 2.05) is 30.3 Å². The lowest BCUT2D eigenvalue weighted by atomic mass is 10.1. The van der Waals surface area contributed by atoms with E-state index in [1.165, 1.54) is 15.8 Å². The summed E-state index contributed by atoms with van der Waals surface area (Å²) in [5.74, 6) is 0.836. The van der Waals surface area contributed by atoms with Gasteiger partial charge in [-0.2, -0.15) is 0 Å². The molecule has 0 unspecified atom stereocenters. The third-order valence-corrected chi connectivity index (χ3v) is 4.67. The summed E-state index contributed by atoms with van der Waals surface area (Å²) < 4.78 is 0. The Morgan fingerprint density at radius 1 is 0.957 bits per heavy atom. The Hall–Kier alpha value is -2.26. The summed E-state index contributed by atoms with van der Waals surface area (Å²) in [7, 11) is 0. The Morgan fingerprint density at radius 2 is 1.70 bits per heavy atom. The van der Waals surface area contributed by atoms with Gasteiger partial charge in [-0.1, -0.05) is 48.0 Å². The van der Waals surface area contributed by atoms with Crippen molar-refractivity contribution >= 4 is 34.1 Å². The van der Waals surface area contributed by atoms with Crippen molar-refractivity contribution < 1.29 is 4.79 Å². The van der Waals surface area contributed by atoms with E-state index in [0.717, 1.165) is 16.8 Å². The van der Waals surface area contributed by atoms with Gasteiger partial charge in [0.15, 0.2) is 0 Å². The number of hydrogen-bond donors (Lipinski definition) is 1. The second-order valence-electron chi connectivity index (χ2n) is 5.52. The van der Waals surface area contributed by atoms with E-state index in [4.69, 9.17) is 0 Å². The summed E-state index contributed by atoms with van der Waals surface area (Å²) in [4.78, 5) is 13.3. The van der Waals surface area contributed by atoms with Crippen molar-refractivity contribution in [2.75, 3.05) is 11.1 Å². The van der Waals surface area contributed by atoms with Crippen LogP contribution in [0.2, 0.25) is 0 Å². The van der Waals surface area contributed by atoms with Crippen molar-refractivity contribution in [3.63, 3.8) is 0 Å². The Kier molecular flexibility index (Phi) is 4.99. The zero-order chi connectivity index (χ0) is 16.1. The Balaban J connectivity index is 1.53. The monoisotopic (exact) mass is 321 g/mol. The highest BCUT2D eigenvalue weighted by Crippen LogP contribution is 2.21. The number of hydrogen-bond acceptors (Lipinski definition) is 2. The maximum atomic E-state index is 12.1. The van der Waals surface area contributed by atoms with Crippen LogP contribution in [-0.4, -0.2) is 11.7 Å². The summed E-state index contributed by atoms with van der Waals surface area (Å²) in [5.41, 5.74) is 2.11. The number of fused-ring (bicyclic) bond motifs is 1. The average molecular weight is 321 g/mol. The summed E-state index contributed by atoms with van der Waals surface area (Å²) >= 11 is 1.71. The third-order valence-electron chi connectivity index (χ3n) is 3.65. The number of rotatable bonds is 5. The average Bonchev–Trinajstić information content (AvgIpc) is 2.56. The normalized spacial score (nSPS) is 10.7. The van der Waals surface area contributed by atoms with Crippen LogP contribution in [0.4, 0.5) is 5.69 Å². The minimum Gasteiger partial charge on any atom is -0.326 e. The fraction of sp³-hybridized carbons (Fsp3) is 0.150. The molecule has 1 amide bonds. The zero-order valence-electron chi connectivity index (χ0n) is 13.1. The maximum absolute atomic E-state index is 12.1. The molecule has 23 heavy (non-hydrogen) atoms. The number of carbonyl (C=O) groups is 1. The molecule has 0 aliphatic carbocycles. The molecule has 3 aromatic carbocycles. The molecule has 3 aromatic rings. The first-order chi connectivity index (χ1) is 11.2. The van der Waals surface area contributed by atoms with Gasteiger partial charge in [-0.05, 0) is 42.0 Å². The molecule has 116 valence electrons. The highest BCUT2D eigenvalue weighted by Gasteiger charge is 2.04. The van der Waals surface area contributed by atoms with E-state index in [2.05, 4.69) is 48.6 Å². The van der Waals surface area contributed by atoms with Crippen LogP contribution in [0.1, 0.15) is 12.0 Å². The Labute approximate surface area is 140 Å². The molecule has 0 heterocycles. The molecule has 3 rings (SSSR count). The predicted octanol–water partition coefficient (Wildman–Crippen LogP) is 5.27. The van der Waals surface area contributed by atoms with Crippen molar-refractivity contribution in [1.82, 2.24) is 0 Å². The Morgan fingerprint density at radius 3 is 2.48 bits per heavy atom. The van der Waals surface area contributed by atoms with Gasteiger partial charge in [0, 0.05) is 22.8 Å². The van der Waals surface area contributed by atoms with Gasteiger partial charge in [0.25, 0.3) is 0 Å². The number of aryl methyl sites for hydroxylation is 1. The van der Waals surface area contributed by atoms with E-state index < -0.39 is 0 Å². The summed E-state index contributed by atoms with van der Waals surface area (Å²) in [6.45, 7) is 2.07. The molecule has 1 N–H and O–H groups in total. The van der Waals surface area contributed by atoms with Crippen LogP contribution in [0.25, 0.3) is 10.8 Å². The van der Waals surface area contributed by atoms with Crippen LogP contribution < -0.4 is 5.32 Å². The lowest BCUT2D eigenvalue weighted by molar-refractivity contribution is -0.115. The summed E-state index contributed by atoms with van der Waals surface area (Å²) in [6, 6.07) is 22.5. The third kappa shape index (κ3) is 4.36. The van der Waals surface area contributed by atoms with Gasteiger partial charge in [-0.3, -0.25) is 4.79 Å². The van der Waals surface area contributed by atoms with Gasteiger partial charge >= 0.3 is 0 Å². The largest absolute Gasteiger partial charge is 0.326 e. The number of anilines is 1. The van der Waals surface area contributed by atoms with Crippen LogP contribution in [0.15, 0.2) is 71.6 Å². The molecule has 0 aromatic heterocycles. The molecule has 2 nitrogen and oxygen atoms in total. The maximum Gasteiger partial charge on any atom is 0.225 e.